The molecule has 2 aliphatic rings. The van der Waals surface area contributed by atoms with Crippen molar-refractivity contribution in [2.75, 3.05) is 13.2 Å². The van der Waals surface area contributed by atoms with Crippen molar-refractivity contribution in [3.05, 3.63) is 48.2 Å². The minimum absolute atomic E-state index is 0.0457. The van der Waals surface area contributed by atoms with Crippen molar-refractivity contribution in [2.24, 2.45) is 11.3 Å². The highest BCUT2D eigenvalue weighted by atomic mass is 16.5. The van der Waals surface area contributed by atoms with Crippen LogP contribution in [0.25, 0.3) is 0 Å². The average Bonchev–Trinajstić information content (AvgIpc) is 3.15. The van der Waals surface area contributed by atoms with Crippen LogP contribution in [-0.4, -0.2) is 24.0 Å². The molecule has 100 valence electrons. The first kappa shape index (κ1) is 12.3. The summed E-state index contributed by atoms with van der Waals surface area (Å²) >= 11 is 0. The van der Waals surface area contributed by atoms with E-state index in [1.807, 2.05) is 19.1 Å². The number of nitrogens with zero attached hydrogens (tertiary/aromatic N) is 1. The number of esters is 1. The molecule has 0 N–H and O–H groups in total. The Morgan fingerprint density at radius 1 is 1.42 bits per heavy atom. The summed E-state index contributed by atoms with van der Waals surface area (Å²) in [4.78, 5) is 14.2. The molecule has 0 aromatic heterocycles. The second-order valence-corrected chi connectivity index (χ2v) is 5.39. The molecule has 2 atom stereocenters. The van der Waals surface area contributed by atoms with Gasteiger partial charge in [-0.2, -0.15) is 0 Å². The molecule has 0 saturated heterocycles. The number of hydrogen-bond acceptors (Lipinski definition) is 3. The van der Waals surface area contributed by atoms with E-state index in [-0.39, 0.29) is 11.4 Å². The molecule has 1 aromatic rings. The Labute approximate surface area is 113 Å². The predicted octanol–water partition coefficient (Wildman–Crippen LogP) is 2.59. The number of carbonyl (C=O) groups is 1. The molecule has 19 heavy (non-hydrogen) atoms. The maximum atomic E-state index is 11.9. The Morgan fingerprint density at radius 2 is 2.21 bits per heavy atom. The quantitative estimate of drug-likeness (QED) is 0.776. The first-order chi connectivity index (χ1) is 9.24. The van der Waals surface area contributed by atoms with Crippen molar-refractivity contribution < 1.29 is 9.53 Å². The van der Waals surface area contributed by atoms with Crippen molar-refractivity contribution in [2.45, 2.75) is 19.9 Å². The van der Waals surface area contributed by atoms with Gasteiger partial charge in [-0.05, 0) is 31.0 Å². The lowest BCUT2D eigenvalue weighted by molar-refractivity contribution is -0.148. The van der Waals surface area contributed by atoms with Crippen LogP contribution in [-0.2, 0) is 16.1 Å². The largest absolute Gasteiger partial charge is 0.465 e. The highest BCUT2D eigenvalue weighted by molar-refractivity contribution is 5.83. The lowest BCUT2D eigenvalue weighted by Crippen LogP contribution is -2.30. The minimum Gasteiger partial charge on any atom is -0.465 e. The van der Waals surface area contributed by atoms with Gasteiger partial charge in [0.1, 0.15) is 0 Å². The fourth-order valence-electron chi connectivity index (χ4n) is 2.88. The fourth-order valence-corrected chi connectivity index (χ4v) is 2.88. The van der Waals surface area contributed by atoms with E-state index >= 15 is 0 Å². The Hall–Kier alpha value is -1.77. The van der Waals surface area contributed by atoms with Crippen molar-refractivity contribution in [3.63, 3.8) is 0 Å². The van der Waals surface area contributed by atoms with E-state index in [1.54, 1.807) is 0 Å². The number of hydrogen-bond donors (Lipinski definition) is 0. The van der Waals surface area contributed by atoms with Crippen molar-refractivity contribution in [3.8, 4) is 0 Å². The van der Waals surface area contributed by atoms with E-state index in [4.69, 9.17) is 4.74 Å². The van der Waals surface area contributed by atoms with E-state index in [9.17, 15) is 4.79 Å². The molecule has 1 aliphatic heterocycles. The van der Waals surface area contributed by atoms with Crippen LogP contribution in [0.2, 0.25) is 0 Å². The van der Waals surface area contributed by atoms with E-state index in [2.05, 4.69) is 35.4 Å². The summed E-state index contributed by atoms with van der Waals surface area (Å²) in [6, 6.07) is 10.4. The van der Waals surface area contributed by atoms with Gasteiger partial charge in [0.2, 0.25) is 0 Å². The molecule has 1 aromatic carbocycles. The number of fused-ring (bicyclic) bond motifs is 1. The molecule has 3 heteroatoms. The number of benzene rings is 1. The highest BCUT2D eigenvalue weighted by Gasteiger charge is 2.61. The zero-order valence-electron chi connectivity index (χ0n) is 11.2. The first-order valence-electron chi connectivity index (χ1n) is 6.89. The molecule has 0 radical (unpaired) electrons. The Balaban J connectivity index is 1.65. The van der Waals surface area contributed by atoms with E-state index in [1.165, 1.54) is 5.56 Å². The summed E-state index contributed by atoms with van der Waals surface area (Å²) < 4.78 is 5.17. The van der Waals surface area contributed by atoms with Gasteiger partial charge in [-0.15, -0.1) is 0 Å². The second-order valence-electron chi connectivity index (χ2n) is 5.39. The standard InChI is InChI=1S/C16H19NO2/c1-2-19-15(18)16-8-9-17(12-14(16)10-16)11-13-6-4-3-5-7-13/h3-9,14H,2,10-12H2,1H3/t14-,16+/m0/s1. The summed E-state index contributed by atoms with van der Waals surface area (Å²) in [7, 11) is 0. The van der Waals surface area contributed by atoms with Crippen LogP contribution in [0.4, 0.5) is 0 Å². The monoisotopic (exact) mass is 257 g/mol. The van der Waals surface area contributed by atoms with Crippen molar-refractivity contribution in [1.82, 2.24) is 4.90 Å². The summed E-state index contributed by atoms with van der Waals surface area (Å²) in [6.07, 6.45) is 5.04. The topological polar surface area (TPSA) is 29.5 Å². The Kier molecular flexibility index (Phi) is 3.05. The number of rotatable bonds is 4. The lowest BCUT2D eigenvalue weighted by Gasteiger charge is -2.26. The van der Waals surface area contributed by atoms with Crippen molar-refractivity contribution in [1.29, 1.82) is 0 Å². The molecule has 0 amide bonds. The van der Waals surface area contributed by atoms with Gasteiger partial charge in [-0.3, -0.25) is 4.79 Å². The molecule has 0 spiro atoms. The second kappa shape index (κ2) is 4.72. The molecule has 1 heterocycles. The van der Waals surface area contributed by atoms with Crippen molar-refractivity contribution >= 4 is 5.97 Å². The van der Waals surface area contributed by atoms with Crippen LogP contribution >= 0.6 is 0 Å². The Morgan fingerprint density at radius 3 is 2.89 bits per heavy atom. The SMILES string of the molecule is CCOC(=O)[C@@]12C=CN(Cc3ccccc3)C[C@@H]1C2. The molecular formula is C16H19NO2. The van der Waals surface area contributed by atoms with Gasteiger partial charge in [0.05, 0.1) is 12.0 Å². The van der Waals surface area contributed by atoms with Gasteiger partial charge >= 0.3 is 5.97 Å². The third-order valence-electron chi connectivity index (χ3n) is 4.07. The molecular weight excluding hydrogens is 238 g/mol. The molecule has 3 nitrogen and oxygen atoms in total. The minimum atomic E-state index is -0.302. The third-order valence-corrected chi connectivity index (χ3v) is 4.07. The van der Waals surface area contributed by atoms with Crippen LogP contribution in [0.1, 0.15) is 18.9 Å². The van der Waals surface area contributed by atoms with Gasteiger partial charge in [-0.1, -0.05) is 36.4 Å². The summed E-state index contributed by atoms with van der Waals surface area (Å²) in [6.45, 7) is 4.19. The smallest absolute Gasteiger partial charge is 0.316 e. The average molecular weight is 257 g/mol. The molecule has 1 saturated carbocycles. The van der Waals surface area contributed by atoms with Gasteiger partial charge in [0.25, 0.3) is 0 Å². The Bertz CT molecular complexity index is 497. The van der Waals surface area contributed by atoms with Crippen LogP contribution < -0.4 is 0 Å². The number of ether oxygens (including phenoxy) is 1. The van der Waals surface area contributed by atoms with Crippen LogP contribution in [0.15, 0.2) is 42.6 Å². The molecule has 0 bridgehead atoms. The van der Waals surface area contributed by atoms with E-state index in [0.717, 1.165) is 19.5 Å². The highest BCUT2D eigenvalue weighted by Crippen LogP contribution is 2.57. The molecule has 3 rings (SSSR count). The van der Waals surface area contributed by atoms with Gasteiger partial charge < -0.3 is 9.64 Å². The van der Waals surface area contributed by atoms with Gasteiger partial charge in [0.15, 0.2) is 0 Å². The third kappa shape index (κ3) is 2.25. The van der Waals surface area contributed by atoms with Crippen LogP contribution in [0, 0.1) is 11.3 Å². The molecule has 0 unspecified atom stereocenters. The van der Waals surface area contributed by atoms with Crippen LogP contribution in [0.3, 0.4) is 0 Å². The van der Waals surface area contributed by atoms with E-state index < -0.39 is 0 Å². The summed E-state index contributed by atoms with van der Waals surface area (Å²) in [5, 5.41) is 0. The van der Waals surface area contributed by atoms with Gasteiger partial charge in [0, 0.05) is 13.1 Å². The molecule has 1 fully saturated rings. The lowest BCUT2D eigenvalue weighted by atomic mass is 10.0. The van der Waals surface area contributed by atoms with E-state index in [0.29, 0.717) is 12.5 Å². The number of carbonyl (C=O) groups excluding carboxylic acids is 1. The summed E-state index contributed by atoms with van der Waals surface area (Å²) in [5.41, 5.74) is 1.000. The van der Waals surface area contributed by atoms with Crippen LogP contribution in [0.5, 0.6) is 0 Å². The molecule has 1 aliphatic carbocycles. The first-order valence-corrected chi connectivity index (χ1v) is 6.89. The zero-order chi connectivity index (χ0) is 13.3. The normalized spacial score (nSPS) is 27.8. The zero-order valence-corrected chi connectivity index (χ0v) is 11.2. The maximum Gasteiger partial charge on any atom is 0.316 e. The fraction of sp³-hybridized carbons (Fsp3) is 0.438. The summed E-state index contributed by atoms with van der Waals surface area (Å²) in [5.74, 6) is 0.385. The maximum absolute atomic E-state index is 11.9. The van der Waals surface area contributed by atoms with Gasteiger partial charge in [-0.25, -0.2) is 0 Å². The predicted molar refractivity (Wildman–Crippen MR) is 73.2 cm³/mol.